The van der Waals surface area contributed by atoms with Crippen LogP contribution in [0.2, 0.25) is 10.0 Å². The van der Waals surface area contributed by atoms with Crippen LogP contribution in [0, 0.1) is 23.2 Å². The maximum Gasteiger partial charge on any atom is 0.151 e. The van der Waals surface area contributed by atoms with E-state index in [4.69, 9.17) is 23.2 Å². The van der Waals surface area contributed by atoms with Crippen molar-refractivity contribution in [3.8, 4) is 0 Å². The average molecular weight is 371 g/mol. The summed E-state index contributed by atoms with van der Waals surface area (Å²) >= 11 is 12.0. The number of halogens is 2. The lowest BCUT2D eigenvalue weighted by molar-refractivity contribution is -0.127. The molecule has 3 unspecified atom stereocenters. The van der Waals surface area contributed by atoms with Crippen molar-refractivity contribution < 1.29 is 9.00 Å². The molecule has 4 saturated carbocycles. The molecule has 0 N–H and O–H groups in total. The van der Waals surface area contributed by atoms with E-state index >= 15 is 0 Å². The Bertz CT molecular complexity index is 674. The number of rotatable bonds is 5. The van der Waals surface area contributed by atoms with Crippen LogP contribution >= 0.6 is 23.2 Å². The van der Waals surface area contributed by atoms with E-state index < -0.39 is 10.8 Å². The summed E-state index contributed by atoms with van der Waals surface area (Å²) < 4.78 is 12.5. The summed E-state index contributed by atoms with van der Waals surface area (Å²) in [6, 6.07) is 5.21. The van der Waals surface area contributed by atoms with Crippen LogP contribution in [-0.4, -0.2) is 15.7 Å². The highest BCUT2D eigenvalue weighted by Crippen LogP contribution is 2.65. The molecule has 4 fully saturated rings. The third-order valence-electron chi connectivity index (χ3n) is 6.17. The Morgan fingerprint density at radius 2 is 1.87 bits per heavy atom. The van der Waals surface area contributed by atoms with Gasteiger partial charge in [0.2, 0.25) is 0 Å². The van der Waals surface area contributed by atoms with Gasteiger partial charge in [0.05, 0.1) is 11.5 Å². The first-order valence-electron chi connectivity index (χ1n) is 8.28. The first kappa shape index (κ1) is 16.1. The SMILES string of the molecule is O=C(CS(=O)Cc1ccc(Cl)cc1Cl)C12CC3CC(CC1C3)C2. The zero-order chi connectivity index (χ0) is 16.2. The van der Waals surface area contributed by atoms with Gasteiger partial charge in [0, 0.05) is 26.3 Å². The monoisotopic (exact) mass is 370 g/mol. The van der Waals surface area contributed by atoms with Crippen molar-refractivity contribution in [2.45, 2.75) is 37.9 Å². The average Bonchev–Trinajstić information content (AvgIpc) is 2.88. The molecule has 0 spiro atoms. The molecule has 0 radical (unpaired) electrons. The minimum atomic E-state index is -1.20. The van der Waals surface area contributed by atoms with Gasteiger partial charge in [-0.3, -0.25) is 9.00 Å². The number of ketones is 1. The van der Waals surface area contributed by atoms with Gasteiger partial charge in [0.1, 0.15) is 0 Å². The second kappa shape index (κ2) is 5.86. The highest BCUT2D eigenvalue weighted by atomic mass is 35.5. The molecule has 124 valence electrons. The van der Waals surface area contributed by atoms with Crippen LogP contribution in [-0.2, 0) is 21.3 Å². The molecule has 5 rings (SSSR count). The van der Waals surface area contributed by atoms with E-state index in [1.165, 1.54) is 19.3 Å². The van der Waals surface area contributed by atoms with E-state index in [0.29, 0.717) is 21.7 Å². The fraction of sp³-hybridized carbons (Fsp3) is 0.611. The van der Waals surface area contributed by atoms with Gasteiger partial charge in [-0.15, -0.1) is 0 Å². The highest BCUT2D eigenvalue weighted by molar-refractivity contribution is 7.84. The van der Waals surface area contributed by atoms with Crippen molar-refractivity contribution in [1.82, 2.24) is 0 Å². The summed E-state index contributed by atoms with van der Waals surface area (Å²) in [5.41, 5.74) is 0.671. The standard InChI is InChI=1S/C18H20Cl2O2S/c19-15-2-1-13(16(20)6-15)9-23(22)10-17(21)18-7-11-3-12(8-18)5-14(18)4-11/h1-2,6,11-12,14H,3-5,7-10H2. The smallest absolute Gasteiger partial charge is 0.151 e. The van der Waals surface area contributed by atoms with Crippen molar-refractivity contribution in [2.75, 3.05) is 5.75 Å². The third-order valence-corrected chi connectivity index (χ3v) is 7.97. The van der Waals surface area contributed by atoms with Crippen molar-refractivity contribution in [3.63, 3.8) is 0 Å². The number of hydrogen-bond acceptors (Lipinski definition) is 2. The van der Waals surface area contributed by atoms with E-state index in [2.05, 4.69) is 0 Å². The quantitative estimate of drug-likeness (QED) is 0.756. The van der Waals surface area contributed by atoms with Gasteiger partial charge in [-0.1, -0.05) is 29.3 Å². The molecule has 4 aliphatic rings. The van der Waals surface area contributed by atoms with Gasteiger partial charge in [-0.05, 0) is 67.6 Å². The van der Waals surface area contributed by atoms with E-state index in [1.807, 2.05) is 0 Å². The summed E-state index contributed by atoms with van der Waals surface area (Å²) in [5.74, 6) is 2.81. The van der Waals surface area contributed by atoms with Crippen molar-refractivity contribution >= 4 is 39.8 Å². The molecule has 4 aliphatic carbocycles. The molecule has 1 aromatic rings. The Labute approximate surface area is 149 Å². The molecule has 23 heavy (non-hydrogen) atoms. The van der Waals surface area contributed by atoms with Crippen LogP contribution in [0.4, 0.5) is 0 Å². The molecule has 0 aromatic heterocycles. The molecule has 0 amide bonds. The summed E-state index contributed by atoms with van der Waals surface area (Å²) in [7, 11) is -1.20. The Hall–Kier alpha value is -0.380. The minimum Gasteiger partial charge on any atom is -0.298 e. The Morgan fingerprint density at radius 3 is 2.52 bits per heavy atom. The summed E-state index contributed by atoms with van der Waals surface area (Å²) in [4.78, 5) is 12.9. The minimum absolute atomic E-state index is 0.132. The number of carbonyl (C=O) groups excluding carboxylic acids is 1. The zero-order valence-electron chi connectivity index (χ0n) is 12.9. The molecule has 2 nitrogen and oxygen atoms in total. The fourth-order valence-electron chi connectivity index (χ4n) is 5.40. The molecular weight excluding hydrogens is 351 g/mol. The molecule has 1 aromatic carbocycles. The van der Waals surface area contributed by atoms with Gasteiger partial charge < -0.3 is 0 Å². The maximum absolute atomic E-state index is 12.9. The summed E-state index contributed by atoms with van der Waals surface area (Å²) in [6.07, 6.45) is 5.85. The molecular formula is C18H20Cl2O2S. The second-order valence-corrected chi connectivity index (χ2v) is 9.89. The lowest BCUT2D eigenvalue weighted by atomic mass is 9.73. The van der Waals surface area contributed by atoms with Crippen LogP contribution in [0.25, 0.3) is 0 Å². The Morgan fingerprint density at radius 1 is 1.17 bits per heavy atom. The van der Waals surface area contributed by atoms with E-state index in [1.54, 1.807) is 18.2 Å². The number of Topliss-reactive ketones (excluding diaryl/α,β-unsaturated/α-hetero) is 1. The Kier molecular flexibility index (Phi) is 4.10. The van der Waals surface area contributed by atoms with E-state index in [0.717, 1.165) is 30.2 Å². The van der Waals surface area contributed by atoms with Crippen LogP contribution in [0.1, 0.15) is 37.7 Å². The summed E-state index contributed by atoms with van der Waals surface area (Å²) in [6.45, 7) is 0. The molecule has 0 saturated heterocycles. The number of benzene rings is 1. The predicted molar refractivity (Wildman–Crippen MR) is 94.2 cm³/mol. The maximum atomic E-state index is 12.9. The van der Waals surface area contributed by atoms with Gasteiger partial charge >= 0.3 is 0 Å². The number of carbonyl (C=O) groups is 1. The highest BCUT2D eigenvalue weighted by Gasteiger charge is 2.60. The molecule has 4 bridgehead atoms. The van der Waals surface area contributed by atoms with Crippen LogP contribution in [0.15, 0.2) is 18.2 Å². The Balaban J connectivity index is 1.44. The lowest BCUT2D eigenvalue weighted by Gasteiger charge is -2.31. The second-order valence-electron chi connectivity index (χ2n) is 7.59. The van der Waals surface area contributed by atoms with E-state index in [9.17, 15) is 9.00 Å². The normalized spacial score (nSPS) is 35.7. The van der Waals surface area contributed by atoms with Gasteiger partial charge in [0.15, 0.2) is 5.78 Å². The van der Waals surface area contributed by atoms with Crippen molar-refractivity contribution in [2.24, 2.45) is 23.2 Å². The molecule has 0 heterocycles. The van der Waals surface area contributed by atoms with Gasteiger partial charge in [-0.25, -0.2) is 0 Å². The molecule has 0 aliphatic heterocycles. The van der Waals surface area contributed by atoms with Crippen LogP contribution in [0.3, 0.4) is 0 Å². The zero-order valence-corrected chi connectivity index (χ0v) is 15.2. The van der Waals surface area contributed by atoms with Crippen LogP contribution < -0.4 is 0 Å². The molecule has 5 heteroatoms. The van der Waals surface area contributed by atoms with Crippen molar-refractivity contribution in [1.29, 1.82) is 0 Å². The first-order valence-corrected chi connectivity index (χ1v) is 10.5. The number of hydrogen-bond donors (Lipinski definition) is 0. The third kappa shape index (κ3) is 2.79. The largest absolute Gasteiger partial charge is 0.298 e. The topological polar surface area (TPSA) is 34.1 Å². The van der Waals surface area contributed by atoms with Crippen LogP contribution in [0.5, 0.6) is 0 Å². The van der Waals surface area contributed by atoms with Gasteiger partial charge in [-0.2, -0.15) is 0 Å². The van der Waals surface area contributed by atoms with Crippen molar-refractivity contribution in [3.05, 3.63) is 33.8 Å². The van der Waals surface area contributed by atoms with E-state index in [-0.39, 0.29) is 17.0 Å². The van der Waals surface area contributed by atoms with Gasteiger partial charge in [0.25, 0.3) is 0 Å². The summed E-state index contributed by atoms with van der Waals surface area (Å²) in [5, 5.41) is 1.09. The molecule has 3 atom stereocenters. The predicted octanol–water partition coefficient (Wildman–Crippen LogP) is 4.64. The fourth-order valence-corrected chi connectivity index (χ4v) is 7.24. The first-order chi connectivity index (χ1) is 11.0. The lowest BCUT2D eigenvalue weighted by Crippen LogP contribution is -2.36.